The highest BCUT2D eigenvalue weighted by atomic mass is 16.5. The Labute approximate surface area is 120 Å². The summed E-state index contributed by atoms with van der Waals surface area (Å²) in [7, 11) is 0. The third kappa shape index (κ3) is 4.10. The summed E-state index contributed by atoms with van der Waals surface area (Å²) in [5.41, 5.74) is 0.878. The number of carboxylic acids is 1. The number of aliphatic carboxylic acids is 1. The van der Waals surface area contributed by atoms with Crippen molar-refractivity contribution in [3.8, 4) is 5.75 Å². The van der Waals surface area contributed by atoms with E-state index in [9.17, 15) is 14.4 Å². The third-order valence-corrected chi connectivity index (χ3v) is 2.85. The first kappa shape index (κ1) is 14.6. The Morgan fingerprint density at radius 1 is 1.19 bits per heavy atom. The minimum atomic E-state index is -1.15. The molecule has 1 atom stereocenters. The van der Waals surface area contributed by atoms with Crippen LogP contribution >= 0.6 is 0 Å². The summed E-state index contributed by atoms with van der Waals surface area (Å²) in [5.74, 6) is -0.995. The fourth-order valence-corrected chi connectivity index (χ4v) is 1.89. The van der Waals surface area contributed by atoms with Gasteiger partial charge in [0, 0.05) is 5.56 Å². The van der Waals surface area contributed by atoms with Crippen LogP contribution in [0.4, 0.5) is 4.79 Å². The van der Waals surface area contributed by atoms with Crippen LogP contribution in [0.2, 0.25) is 0 Å². The predicted octanol–water partition coefficient (Wildman–Crippen LogP) is -0.380. The Morgan fingerprint density at radius 3 is 2.71 bits per heavy atom. The van der Waals surface area contributed by atoms with Gasteiger partial charge in [0.15, 0.2) is 0 Å². The van der Waals surface area contributed by atoms with E-state index in [2.05, 4.69) is 16.0 Å². The Morgan fingerprint density at radius 2 is 1.95 bits per heavy atom. The number of amides is 3. The molecule has 0 aromatic heterocycles. The lowest BCUT2D eigenvalue weighted by Gasteiger charge is -2.12. The molecule has 0 aliphatic carbocycles. The molecule has 0 fully saturated rings. The van der Waals surface area contributed by atoms with Gasteiger partial charge >= 0.3 is 12.0 Å². The predicted molar refractivity (Wildman–Crippen MR) is 71.9 cm³/mol. The minimum absolute atomic E-state index is 0.275. The molecule has 0 radical (unpaired) electrons. The van der Waals surface area contributed by atoms with Crippen molar-refractivity contribution in [2.45, 2.75) is 6.04 Å². The molecule has 0 bridgehead atoms. The molecule has 1 heterocycles. The Bertz CT molecular complexity index is 560. The molecule has 112 valence electrons. The molecule has 0 spiro atoms. The van der Waals surface area contributed by atoms with Gasteiger partial charge in [0.05, 0.1) is 12.6 Å². The molecule has 21 heavy (non-hydrogen) atoms. The van der Waals surface area contributed by atoms with Crippen molar-refractivity contribution in [3.63, 3.8) is 0 Å². The standard InChI is InChI=1S/C13H15N3O5/c17-11(14-6-12(18)19)5-15-13(20)16-9-7-21-10-4-2-1-3-8(9)10/h1-4,9H,5-7H2,(H,14,17)(H,18,19)(H2,15,16,20). The maximum absolute atomic E-state index is 11.7. The molecular weight excluding hydrogens is 278 g/mol. The lowest BCUT2D eigenvalue weighted by molar-refractivity contribution is -0.137. The topological polar surface area (TPSA) is 117 Å². The quantitative estimate of drug-likeness (QED) is 0.590. The van der Waals surface area contributed by atoms with Gasteiger partial charge in [-0.2, -0.15) is 0 Å². The van der Waals surface area contributed by atoms with E-state index in [4.69, 9.17) is 9.84 Å². The molecular formula is C13H15N3O5. The molecule has 4 N–H and O–H groups in total. The minimum Gasteiger partial charge on any atom is -0.491 e. The van der Waals surface area contributed by atoms with Crippen molar-refractivity contribution in [1.29, 1.82) is 0 Å². The van der Waals surface area contributed by atoms with E-state index in [1.807, 2.05) is 24.3 Å². The highest BCUT2D eigenvalue weighted by Gasteiger charge is 2.24. The van der Waals surface area contributed by atoms with Crippen LogP contribution in [0.3, 0.4) is 0 Å². The summed E-state index contributed by atoms with van der Waals surface area (Å²) in [6.07, 6.45) is 0. The number of urea groups is 1. The van der Waals surface area contributed by atoms with Crippen LogP contribution in [-0.2, 0) is 9.59 Å². The molecule has 0 saturated carbocycles. The number of fused-ring (bicyclic) bond motifs is 1. The largest absolute Gasteiger partial charge is 0.491 e. The zero-order valence-electron chi connectivity index (χ0n) is 11.1. The smallest absolute Gasteiger partial charge is 0.322 e. The summed E-state index contributed by atoms with van der Waals surface area (Å²) in [6.45, 7) is -0.446. The van der Waals surface area contributed by atoms with E-state index >= 15 is 0 Å². The summed E-state index contributed by atoms with van der Waals surface area (Å²) in [4.78, 5) is 33.2. The molecule has 1 aromatic rings. The Kier molecular flexibility index (Phi) is 4.60. The van der Waals surface area contributed by atoms with Gasteiger partial charge in [-0.1, -0.05) is 18.2 Å². The summed E-state index contributed by atoms with van der Waals surface area (Å²) in [6, 6.07) is 6.56. The molecule has 0 saturated heterocycles. The molecule has 1 unspecified atom stereocenters. The van der Waals surface area contributed by atoms with Crippen LogP contribution in [0.5, 0.6) is 5.75 Å². The normalized spacial score (nSPS) is 15.5. The second kappa shape index (κ2) is 6.60. The van der Waals surface area contributed by atoms with Crippen LogP contribution in [0.15, 0.2) is 24.3 Å². The van der Waals surface area contributed by atoms with E-state index in [1.54, 1.807) is 0 Å². The number of ether oxygens (including phenoxy) is 1. The monoisotopic (exact) mass is 293 g/mol. The third-order valence-electron chi connectivity index (χ3n) is 2.85. The summed E-state index contributed by atoms with van der Waals surface area (Å²) < 4.78 is 5.42. The van der Waals surface area contributed by atoms with Gasteiger partial charge in [-0.3, -0.25) is 9.59 Å². The maximum Gasteiger partial charge on any atom is 0.322 e. The van der Waals surface area contributed by atoms with E-state index in [1.165, 1.54) is 0 Å². The van der Waals surface area contributed by atoms with Crippen molar-refractivity contribution in [3.05, 3.63) is 29.8 Å². The van der Waals surface area contributed by atoms with Crippen molar-refractivity contribution in [2.24, 2.45) is 0 Å². The number of benzene rings is 1. The zero-order chi connectivity index (χ0) is 15.2. The second-order valence-corrected chi connectivity index (χ2v) is 4.40. The van der Waals surface area contributed by atoms with Crippen molar-refractivity contribution in [2.75, 3.05) is 19.7 Å². The summed E-state index contributed by atoms with van der Waals surface area (Å²) >= 11 is 0. The number of carbonyl (C=O) groups excluding carboxylic acids is 2. The van der Waals surface area contributed by atoms with E-state index < -0.39 is 24.5 Å². The summed E-state index contributed by atoms with van der Waals surface area (Å²) in [5, 5.41) is 15.6. The number of hydrogen-bond donors (Lipinski definition) is 4. The Hall–Kier alpha value is -2.77. The van der Waals surface area contributed by atoms with Crippen LogP contribution in [0, 0.1) is 0 Å². The number of carboxylic acid groups (broad SMARTS) is 1. The molecule has 2 rings (SSSR count). The van der Waals surface area contributed by atoms with Crippen molar-refractivity contribution >= 4 is 17.9 Å². The number of hydrogen-bond acceptors (Lipinski definition) is 4. The number of nitrogens with one attached hydrogen (secondary N) is 3. The highest BCUT2D eigenvalue weighted by Crippen LogP contribution is 2.31. The molecule has 3 amide bonds. The first-order chi connectivity index (χ1) is 10.1. The number of para-hydroxylation sites is 1. The fraction of sp³-hybridized carbons (Fsp3) is 0.308. The maximum atomic E-state index is 11.7. The van der Waals surface area contributed by atoms with Gasteiger partial charge < -0.3 is 25.8 Å². The van der Waals surface area contributed by atoms with Crippen LogP contribution < -0.4 is 20.7 Å². The molecule has 8 heteroatoms. The van der Waals surface area contributed by atoms with Gasteiger partial charge in [0.25, 0.3) is 0 Å². The highest BCUT2D eigenvalue weighted by molar-refractivity contribution is 5.86. The number of rotatable bonds is 5. The first-order valence-electron chi connectivity index (χ1n) is 6.31. The van der Waals surface area contributed by atoms with E-state index in [0.29, 0.717) is 6.61 Å². The molecule has 8 nitrogen and oxygen atoms in total. The molecule has 1 aliphatic heterocycles. The molecule has 1 aromatic carbocycles. The SMILES string of the molecule is O=C(O)CNC(=O)CNC(=O)NC1COc2ccccc21. The fourth-order valence-electron chi connectivity index (χ4n) is 1.89. The lowest BCUT2D eigenvalue weighted by atomic mass is 10.1. The van der Waals surface area contributed by atoms with Gasteiger partial charge in [-0.25, -0.2) is 4.79 Å². The average molecular weight is 293 g/mol. The van der Waals surface area contributed by atoms with Gasteiger partial charge in [-0.15, -0.1) is 0 Å². The zero-order valence-corrected chi connectivity index (χ0v) is 11.1. The number of carbonyl (C=O) groups is 3. The van der Waals surface area contributed by atoms with Crippen molar-refractivity contribution in [1.82, 2.24) is 16.0 Å². The average Bonchev–Trinajstić information content (AvgIpc) is 2.86. The van der Waals surface area contributed by atoms with E-state index in [0.717, 1.165) is 11.3 Å². The Balaban J connectivity index is 1.76. The van der Waals surface area contributed by atoms with Crippen LogP contribution in [0.25, 0.3) is 0 Å². The lowest BCUT2D eigenvalue weighted by Crippen LogP contribution is -2.44. The van der Waals surface area contributed by atoms with Crippen LogP contribution in [0.1, 0.15) is 11.6 Å². The van der Waals surface area contributed by atoms with Crippen molar-refractivity contribution < 1.29 is 24.2 Å². The van der Waals surface area contributed by atoms with Gasteiger partial charge in [0.2, 0.25) is 5.91 Å². The van der Waals surface area contributed by atoms with Gasteiger partial charge in [0.1, 0.15) is 18.9 Å². The first-order valence-corrected chi connectivity index (χ1v) is 6.31. The molecule has 1 aliphatic rings. The van der Waals surface area contributed by atoms with Gasteiger partial charge in [-0.05, 0) is 6.07 Å². The second-order valence-electron chi connectivity index (χ2n) is 4.40. The van der Waals surface area contributed by atoms with Crippen LogP contribution in [-0.4, -0.2) is 42.7 Å². The van der Waals surface area contributed by atoms with E-state index in [-0.39, 0.29) is 12.6 Å².